The molecule has 1 aliphatic heterocycles. The van der Waals surface area contributed by atoms with Gasteiger partial charge in [0.1, 0.15) is 5.75 Å². The number of nitro groups is 2. The molecule has 0 aromatic heterocycles. The minimum absolute atomic E-state index is 0.0137. The molecule has 0 unspecified atom stereocenters. The summed E-state index contributed by atoms with van der Waals surface area (Å²) in [6, 6.07) is 9.41. The van der Waals surface area contributed by atoms with Crippen molar-refractivity contribution in [3.8, 4) is 5.75 Å². The third kappa shape index (κ3) is 2.79. The molecule has 8 heteroatoms. The van der Waals surface area contributed by atoms with E-state index >= 15 is 0 Å². The van der Waals surface area contributed by atoms with Crippen LogP contribution < -0.4 is 10.1 Å². The Labute approximate surface area is 154 Å². The number of nitrogens with zero attached hydrogens (tertiary/aromatic N) is 2. The van der Waals surface area contributed by atoms with Gasteiger partial charge in [-0.2, -0.15) is 0 Å². The molecule has 0 fully saturated rings. The van der Waals surface area contributed by atoms with Crippen LogP contribution in [0.1, 0.15) is 29.5 Å². The highest BCUT2D eigenvalue weighted by atomic mass is 16.6. The number of nitrogens with one attached hydrogen (secondary N) is 1. The average Bonchev–Trinajstić information content (AvgIpc) is 3.16. The standard InChI is InChI=1S/C19H17N3O5/c1-27-17-10-13(22(25)26)9-16-14-6-3-7-15(14)18(20-19(16)17)11-4-2-5-12(8-11)21(23)24/h2-6,8-10,14-15,18,20H,7H2,1H3/t14-,15-,18-/m0/s1. The zero-order valence-corrected chi connectivity index (χ0v) is 14.5. The zero-order valence-electron chi connectivity index (χ0n) is 14.5. The summed E-state index contributed by atoms with van der Waals surface area (Å²) in [6.45, 7) is 0. The van der Waals surface area contributed by atoms with Gasteiger partial charge in [0, 0.05) is 24.1 Å². The van der Waals surface area contributed by atoms with E-state index in [2.05, 4.69) is 17.5 Å². The molecule has 8 nitrogen and oxygen atoms in total. The number of nitro benzene ring substituents is 2. The molecule has 0 saturated heterocycles. The van der Waals surface area contributed by atoms with Gasteiger partial charge in [0.05, 0.1) is 34.8 Å². The molecule has 2 aromatic rings. The van der Waals surface area contributed by atoms with E-state index in [0.717, 1.165) is 17.5 Å². The summed E-state index contributed by atoms with van der Waals surface area (Å²) in [5.41, 5.74) is 2.36. The zero-order chi connectivity index (χ0) is 19.1. The fourth-order valence-electron chi connectivity index (χ4n) is 4.08. The first-order chi connectivity index (χ1) is 13.0. The third-order valence-electron chi connectivity index (χ3n) is 5.29. The minimum Gasteiger partial charge on any atom is -0.494 e. The molecular weight excluding hydrogens is 350 g/mol. The van der Waals surface area contributed by atoms with Crippen LogP contribution in [0.2, 0.25) is 0 Å². The van der Waals surface area contributed by atoms with Crippen molar-refractivity contribution < 1.29 is 14.6 Å². The summed E-state index contributed by atoms with van der Waals surface area (Å²) in [7, 11) is 1.47. The lowest BCUT2D eigenvalue weighted by Gasteiger charge is -2.37. The normalized spacial score (nSPS) is 22.5. The lowest BCUT2D eigenvalue weighted by Crippen LogP contribution is -2.29. The first kappa shape index (κ1) is 17.0. The van der Waals surface area contributed by atoms with Crippen LogP contribution in [-0.2, 0) is 0 Å². The van der Waals surface area contributed by atoms with Gasteiger partial charge in [0.25, 0.3) is 11.4 Å². The highest BCUT2D eigenvalue weighted by Crippen LogP contribution is 2.53. The molecule has 1 N–H and O–H groups in total. The summed E-state index contributed by atoms with van der Waals surface area (Å²) in [4.78, 5) is 21.6. The van der Waals surface area contributed by atoms with Crippen LogP contribution in [0, 0.1) is 26.1 Å². The summed E-state index contributed by atoms with van der Waals surface area (Å²) >= 11 is 0. The molecule has 0 spiro atoms. The number of ether oxygens (including phenoxy) is 1. The van der Waals surface area contributed by atoms with Crippen LogP contribution in [0.25, 0.3) is 0 Å². The predicted molar refractivity (Wildman–Crippen MR) is 99.1 cm³/mol. The Morgan fingerprint density at radius 1 is 1.11 bits per heavy atom. The smallest absolute Gasteiger partial charge is 0.273 e. The van der Waals surface area contributed by atoms with Crippen LogP contribution in [0.5, 0.6) is 5.75 Å². The molecule has 138 valence electrons. The van der Waals surface area contributed by atoms with Crippen molar-refractivity contribution >= 4 is 17.1 Å². The number of hydrogen-bond donors (Lipinski definition) is 1. The van der Waals surface area contributed by atoms with Crippen molar-refractivity contribution in [2.24, 2.45) is 5.92 Å². The van der Waals surface area contributed by atoms with Gasteiger partial charge in [-0.1, -0.05) is 24.3 Å². The molecule has 0 saturated carbocycles. The summed E-state index contributed by atoms with van der Waals surface area (Å²) in [6.07, 6.45) is 4.90. The topological polar surface area (TPSA) is 108 Å². The fourth-order valence-corrected chi connectivity index (χ4v) is 4.08. The number of fused-ring (bicyclic) bond motifs is 3. The number of rotatable bonds is 4. The Hall–Kier alpha value is -3.42. The van der Waals surface area contributed by atoms with E-state index in [1.165, 1.54) is 19.2 Å². The predicted octanol–water partition coefficient (Wildman–Crippen LogP) is 4.34. The molecule has 3 atom stereocenters. The lowest BCUT2D eigenvalue weighted by molar-refractivity contribution is -0.385. The van der Waals surface area contributed by atoms with Crippen molar-refractivity contribution in [2.45, 2.75) is 18.4 Å². The second-order valence-corrected chi connectivity index (χ2v) is 6.70. The van der Waals surface area contributed by atoms with Crippen LogP contribution >= 0.6 is 0 Å². The molecule has 4 rings (SSSR count). The SMILES string of the molecule is COc1cc([N+](=O)[O-])cc2c1N[C@@H](c1cccc([N+](=O)[O-])c1)[C@H]1CC=C[C@H]21. The van der Waals surface area contributed by atoms with Crippen molar-refractivity contribution in [3.05, 3.63) is 79.9 Å². The van der Waals surface area contributed by atoms with Gasteiger partial charge in [0.2, 0.25) is 0 Å². The molecule has 0 bridgehead atoms. The Morgan fingerprint density at radius 2 is 1.89 bits per heavy atom. The average molecular weight is 367 g/mol. The molecular formula is C19H17N3O5. The number of anilines is 1. The maximum absolute atomic E-state index is 11.3. The minimum atomic E-state index is -0.427. The van der Waals surface area contributed by atoms with Gasteiger partial charge in [0.15, 0.2) is 0 Å². The summed E-state index contributed by atoms with van der Waals surface area (Å²) in [5.74, 6) is 0.499. The van der Waals surface area contributed by atoms with Crippen LogP contribution in [-0.4, -0.2) is 17.0 Å². The lowest BCUT2D eigenvalue weighted by atomic mass is 9.76. The third-order valence-corrected chi connectivity index (χ3v) is 5.29. The number of hydrogen-bond acceptors (Lipinski definition) is 6. The number of methoxy groups -OCH3 is 1. The van der Waals surface area contributed by atoms with Crippen LogP contribution in [0.15, 0.2) is 48.6 Å². The highest BCUT2D eigenvalue weighted by molar-refractivity contribution is 5.71. The maximum atomic E-state index is 11.3. The summed E-state index contributed by atoms with van der Waals surface area (Å²) < 4.78 is 5.40. The number of benzene rings is 2. The van der Waals surface area contributed by atoms with E-state index < -0.39 is 9.85 Å². The van der Waals surface area contributed by atoms with Crippen molar-refractivity contribution in [1.82, 2.24) is 0 Å². The molecule has 0 amide bonds. The van der Waals surface area contributed by atoms with E-state index in [4.69, 9.17) is 4.74 Å². The first-order valence-electron chi connectivity index (χ1n) is 8.53. The van der Waals surface area contributed by atoms with E-state index in [9.17, 15) is 20.2 Å². The monoisotopic (exact) mass is 367 g/mol. The molecule has 1 heterocycles. The van der Waals surface area contributed by atoms with E-state index in [0.29, 0.717) is 11.4 Å². The number of non-ortho nitro benzene ring substituents is 2. The van der Waals surface area contributed by atoms with Crippen LogP contribution in [0.4, 0.5) is 17.1 Å². The quantitative estimate of drug-likeness (QED) is 0.489. The van der Waals surface area contributed by atoms with Crippen molar-refractivity contribution in [2.75, 3.05) is 12.4 Å². The van der Waals surface area contributed by atoms with Gasteiger partial charge in [-0.15, -0.1) is 0 Å². The highest BCUT2D eigenvalue weighted by Gasteiger charge is 2.40. The first-order valence-corrected chi connectivity index (χ1v) is 8.53. The van der Waals surface area contributed by atoms with Gasteiger partial charge < -0.3 is 10.1 Å². The Balaban J connectivity index is 1.83. The van der Waals surface area contributed by atoms with E-state index in [1.54, 1.807) is 18.2 Å². The fraction of sp³-hybridized carbons (Fsp3) is 0.263. The van der Waals surface area contributed by atoms with Gasteiger partial charge in [-0.25, -0.2) is 0 Å². The second kappa shape index (κ2) is 6.39. The molecule has 1 aliphatic carbocycles. The number of allylic oxidation sites excluding steroid dienone is 2. The van der Waals surface area contributed by atoms with Gasteiger partial charge >= 0.3 is 0 Å². The molecule has 2 aromatic carbocycles. The molecule has 27 heavy (non-hydrogen) atoms. The van der Waals surface area contributed by atoms with Crippen molar-refractivity contribution in [1.29, 1.82) is 0 Å². The molecule has 0 radical (unpaired) electrons. The van der Waals surface area contributed by atoms with E-state index in [-0.39, 0.29) is 29.3 Å². The Morgan fingerprint density at radius 3 is 2.59 bits per heavy atom. The van der Waals surface area contributed by atoms with Gasteiger partial charge in [-0.05, 0) is 23.5 Å². The van der Waals surface area contributed by atoms with Gasteiger partial charge in [-0.3, -0.25) is 20.2 Å². The van der Waals surface area contributed by atoms with E-state index in [1.807, 2.05) is 6.07 Å². The Kier molecular flexibility index (Phi) is 4.02. The van der Waals surface area contributed by atoms with Crippen molar-refractivity contribution in [3.63, 3.8) is 0 Å². The second-order valence-electron chi connectivity index (χ2n) is 6.70. The molecule has 2 aliphatic rings. The van der Waals surface area contributed by atoms with Crippen LogP contribution in [0.3, 0.4) is 0 Å². The summed E-state index contributed by atoms with van der Waals surface area (Å²) in [5, 5.41) is 25.9. The maximum Gasteiger partial charge on any atom is 0.273 e. The Bertz CT molecular complexity index is 972. The largest absolute Gasteiger partial charge is 0.494 e.